The Labute approximate surface area is 191 Å². The van der Waals surface area contributed by atoms with Crippen LogP contribution in [0.1, 0.15) is 11.3 Å². The Balaban J connectivity index is 1.12. The molecule has 8 heteroatoms. The fourth-order valence-corrected chi connectivity index (χ4v) is 4.51. The molecule has 6 rings (SSSR count). The zero-order chi connectivity index (χ0) is 22.2. The first kappa shape index (κ1) is 19.9. The number of aliphatic imine (C=N–C) groups is 1. The largest absolute Gasteiger partial charge is 0.447 e. The summed E-state index contributed by atoms with van der Waals surface area (Å²) in [5.74, 6) is 1.28. The van der Waals surface area contributed by atoms with Crippen LogP contribution < -0.4 is 4.74 Å². The van der Waals surface area contributed by atoms with Gasteiger partial charge in [0.05, 0.1) is 23.8 Å². The number of hydrogen-bond donors (Lipinski definition) is 0. The van der Waals surface area contributed by atoms with Crippen LogP contribution in [0.2, 0.25) is 0 Å². The molecule has 1 atom stereocenters. The molecule has 8 nitrogen and oxygen atoms in total. The average molecular weight is 441 g/mol. The van der Waals surface area contributed by atoms with E-state index in [1.807, 2.05) is 53.7 Å². The van der Waals surface area contributed by atoms with Crippen LogP contribution in [0.3, 0.4) is 0 Å². The number of carbonyl (C=O) groups is 1. The maximum absolute atomic E-state index is 11.7. The van der Waals surface area contributed by atoms with Gasteiger partial charge in [-0.15, -0.1) is 0 Å². The smallest absolute Gasteiger partial charge is 0.410 e. The molecular weight excluding hydrogens is 418 g/mol. The molecule has 3 aromatic rings. The van der Waals surface area contributed by atoms with Gasteiger partial charge in [-0.3, -0.25) is 19.8 Å². The Morgan fingerprint density at radius 3 is 2.94 bits per heavy atom. The van der Waals surface area contributed by atoms with Gasteiger partial charge in [-0.05, 0) is 47.5 Å². The lowest BCUT2D eigenvalue weighted by Crippen LogP contribution is -2.51. The highest BCUT2D eigenvalue weighted by molar-refractivity contribution is 5.89. The molecule has 0 radical (unpaired) electrons. The number of benzene rings is 1. The van der Waals surface area contributed by atoms with Gasteiger partial charge in [-0.25, -0.2) is 9.78 Å². The standard InChI is InChI=1S/C25H23N5O3/c31-25-30-10-9-29(15-21(30)16-32-25)14-20-3-1-17-11-22(4-5-23(17)28-20)33-24-6-2-18(13-27-24)19-7-8-26-12-19/h1-8,11,13,21H,9-10,12,14-16H2/t21-/m0/s1. The predicted molar refractivity (Wildman–Crippen MR) is 125 cm³/mol. The third-order valence-electron chi connectivity index (χ3n) is 6.28. The van der Waals surface area contributed by atoms with E-state index in [4.69, 9.17) is 14.5 Å². The summed E-state index contributed by atoms with van der Waals surface area (Å²) in [6.45, 7) is 4.28. The summed E-state index contributed by atoms with van der Waals surface area (Å²) < 4.78 is 11.1. The van der Waals surface area contributed by atoms with Gasteiger partial charge in [0, 0.05) is 50.0 Å². The average Bonchev–Trinajstić information content (AvgIpc) is 3.50. The van der Waals surface area contributed by atoms with E-state index in [1.165, 1.54) is 0 Å². The number of aromatic nitrogens is 2. The van der Waals surface area contributed by atoms with Gasteiger partial charge < -0.3 is 9.47 Å². The fraction of sp³-hybridized carbons (Fsp3) is 0.280. The van der Waals surface area contributed by atoms with Crippen LogP contribution in [0.5, 0.6) is 11.6 Å². The van der Waals surface area contributed by atoms with E-state index in [0.717, 1.165) is 53.1 Å². The van der Waals surface area contributed by atoms with Crippen molar-refractivity contribution in [3.05, 3.63) is 66.0 Å². The van der Waals surface area contributed by atoms with Crippen molar-refractivity contribution >= 4 is 28.8 Å². The third kappa shape index (κ3) is 4.05. The third-order valence-corrected chi connectivity index (χ3v) is 6.28. The molecule has 3 aliphatic rings. The molecular formula is C25H23N5O3. The molecule has 0 N–H and O–H groups in total. The minimum atomic E-state index is -0.187. The highest BCUT2D eigenvalue weighted by atomic mass is 16.6. The Morgan fingerprint density at radius 2 is 2.09 bits per heavy atom. The molecule has 5 heterocycles. The molecule has 2 saturated heterocycles. The van der Waals surface area contributed by atoms with Crippen LogP contribution in [0, 0.1) is 0 Å². The number of carbonyl (C=O) groups excluding carboxylic acids is 1. The monoisotopic (exact) mass is 441 g/mol. The minimum absolute atomic E-state index is 0.150. The van der Waals surface area contributed by atoms with Gasteiger partial charge in [-0.1, -0.05) is 6.07 Å². The Morgan fingerprint density at radius 1 is 1.12 bits per heavy atom. The molecule has 3 aliphatic heterocycles. The zero-order valence-corrected chi connectivity index (χ0v) is 18.1. The van der Waals surface area contributed by atoms with Crippen molar-refractivity contribution in [2.75, 3.05) is 32.8 Å². The van der Waals surface area contributed by atoms with Crippen molar-refractivity contribution < 1.29 is 14.3 Å². The summed E-state index contributed by atoms with van der Waals surface area (Å²) in [6, 6.07) is 14.0. The number of allylic oxidation sites excluding steroid dienone is 1. The zero-order valence-electron chi connectivity index (χ0n) is 18.1. The van der Waals surface area contributed by atoms with E-state index >= 15 is 0 Å². The van der Waals surface area contributed by atoms with Gasteiger partial charge >= 0.3 is 6.09 Å². The second kappa shape index (κ2) is 8.29. The normalized spacial score (nSPS) is 20.1. The number of amides is 1. The molecule has 0 unspecified atom stereocenters. The lowest BCUT2D eigenvalue weighted by atomic mass is 10.1. The molecule has 1 aromatic carbocycles. The first-order chi connectivity index (χ1) is 16.2. The molecule has 0 bridgehead atoms. The summed E-state index contributed by atoms with van der Waals surface area (Å²) in [5.41, 5.74) is 4.16. The second-order valence-corrected chi connectivity index (χ2v) is 8.49. The maximum atomic E-state index is 11.7. The number of cyclic esters (lactones) is 1. The van der Waals surface area contributed by atoms with E-state index in [2.05, 4.69) is 27.0 Å². The SMILES string of the molecule is O=C1OC[C@@H]2CN(Cc3ccc4cc(Oc5ccc(C6=CC=NC6)cn5)ccc4n3)CCN12. The van der Waals surface area contributed by atoms with Crippen LogP contribution >= 0.6 is 0 Å². The van der Waals surface area contributed by atoms with Crippen LogP contribution in [-0.2, 0) is 11.3 Å². The van der Waals surface area contributed by atoms with Crippen molar-refractivity contribution in [2.45, 2.75) is 12.6 Å². The van der Waals surface area contributed by atoms with E-state index < -0.39 is 0 Å². The van der Waals surface area contributed by atoms with Gasteiger partial charge in [0.2, 0.25) is 5.88 Å². The molecule has 0 saturated carbocycles. The van der Waals surface area contributed by atoms with Gasteiger partial charge in [-0.2, -0.15) is 0 Å². The summed E-state index contributed by atoms with van der Waals surface area (Å²) in [7, 11) is 0. The molecule has 166 valence electrons. The molecule has 2 fully saturated rings. The number of hydrogen-bond acceptors (Lipinski definition) is 7. The van der Waals surface area contributed by atoms with Crippen molar-refractivity contribution in [2.24, 2.45) is 4.99 Å². The number of nitrogens with zero attached hydrogens (tertiary/aromatic N) is 5. The molecule has 1 amide bonds. The summed E-state index contributed by atoms with van der Waals surface area (Å²) in [5, 5.41) is 1.01. The minimum Gasteiger partial charge on any atom is -0.447 e. The van der Waals surface area contributed by atoms with E-state index in [-0.39, 0.29) is 12.1 Å². The number of rotatable bonds is 5. The Bertz CT molecular complexity index is 1270. The van der Waals surface area contributed by atoms with Gasteiger partial charge in [0.15, 0.2) is 0 Å². The van der Waals surface area contributed by atoms with E-state index in [1.54, 1.807) is 0 Å². The summed E-state index contributed by atoms with van der Waals surface area (Å²) >= 11 is 0. The van der Waals surface area contributed by atoms with Crippen LogP contribution in [-0.4, -0.2) is 70.9 Å². The van der Waals surface area contributed by atoms with Crippen LogP contribution in [0.25, 0.3) is 16.5 Å². The summed E-state index contributed by atoms with van der Waals surface area (Å²) in [6.07, 6.45) is 5.46. The topological polar surface area (TPSA) is 80.1 Å². The van der Waals surface area contributed by atoms with Crippen LogP contribution in [0.4, 0.5) is 4.79 Å². The molecule has 2 aromatic heterocycles. The number of pyridine rings is 2. The highest BCUT2D eigenvalue weighted by Gasteiger charge is 2.37. The van der Waals surface area contributed by atoms with Crippen molar-refractivity contribution in [3.8, 4) is 11.6 Å². The predicted octanol–water partition coefficient (Wildman–Crippen LogP) is 3.53. The quantitative estimate of drug-likeness (QED) is 0.603. The molecule has 0 aliphatic carbocycles. The summed E-state index contributed by atoms with van der Waals surface area (Å²) in [4.78, 5) is 29.3. The lowest BCUT2D eigenvalue weighted by Gasteiger charge is -2.35. The van der Waals surface area contributed by atoms with Crippen molar-refractivity contribution in [1.82, 2.24) is 19.8 Å². The first-order valence-electron chi connectivity index (χ1n) is 11.1. The molecule has 0 spiro atoms. The van der Waals surface area contributed by atoms with Crippen molar-refractivity contribution in [1.29, 1.82) is 0 Å². The first-order valence-corrected chi connectivity index (χ1v) is 11.1. The highest BCUT2D eigenvalue weighted by Crippen LogP contribution is 2.26. The number of fused-ring (bicyclic) bond motifs is 2. The van der Waals surface area contributed by atoms with Gasteiger partial charge in [0.1, 0.15) is 12.4 Å². The maximum Gasteiger partial charge on any atom is 0.410 e. The Hall–Kier alpha value is -3.78. The molecule has 33 heavy (non-hydrogen) atoms. The van der Waals surface area contributed by atoms with E-state index in [9.17, 15) is 4.79 Å². The fourth-order valence-electron chi connectivity index (χ4n) is 4.51. The number of piperazine rings is 1. The lowest BCUT2D eigenvalue weighted by molar-refractivity contribution is 0.115. The van der Waals surface area contributed by atoms with Crippen molar-refractivity contribution in [3.63, 3.8) is 0 Å². The Kier molecular flexibility index (Phi) is 4.99. The van der Waals surface area contributed by atoms with E-state index in [0.29, 0.717) is 25.6 Å². The van der Waals surface area contributed by atoms with Crippen LogP contribution in [0.15, 0.2) is 59.7 Å². The van der Waals surface area contributed by atoms with Gasteiger partial charge in [0.25, 0.3) is 0 Å². The number of ether oxygens (including phenoxy) is 2. The second-order valence-electron chi connectivity index (χ2n) is 8.49.